The van der Waals surface area contributed by atoms with Crippen LogP contribution in [-0.4, -0.2) is 73.8 Å². The zero-order chi connectivity index (χ0) is 29.7. The lowest BCUT2D eigenvalue weighted by Gasteiger charge is -2.37. The van der Waals surface area contributed by atoms with Gasteiger partial charge in [0.2, 0.25) is 12.2 Å². The highest BCUT2D eigenvalue weighted by Gasteiger charge is 2.49. The summed E-state index contributed by atoms with van der Waals surface area (Å²) in [5, 5.41) is 15.0. The van der Waals surface area contributed by atoms with Crippen molar-refractivity contribution in [2.45, 2.75) is 83.1 Å². The van der Waals surface area contributed by atoms with E-state index < -0.39 is 29.9 Å². The molecule has 1 aliphatic heterocycles. The van der Waals surface area contributed by atoms with Crippen LogP contribution in [-0.2, 0) is 39.9 Å². The van der Waals surface area contributed by atoms with Crippen LogP contribution in [0.15, 0.2) is 18.2 Å². The van der Waals surface area contributed by atoms with E-state index in [1.54, 1.807) is 6.07 Å². The summed E-state index contributed by atoms with van der Waals surface area (Å²) in [4.78, 5) is 49.3. The molecule has 0 spiro atoms. The fraction of sp³-hybridized carbons (Fsp3) is 0.586. The molecule has 1 saturated heterocycles. The molecule has 12 heteroatoms. The van der Waals surface area contributed by atoms with Crippen molar-refractivity contribution in [3.05, 3.63) is 29.3 Å². The summed E-state index contributed by atoms with van der Waals surface area (Å²) < 4.78 is 27.3. The maximum absolute atomic E-state index is 13.0. The standard InChI is InChI=1S/C29H38N2O10/c1-20(33)40-29(28(36)37-2)14-8-11-26(41-29)39-24-13-12-21(18-32)17-23(24)27(35)31-16-15-30-25(34)19-38-22-9-6-4-3-5-7-10-22/h12-13,17,22,26,32H,3-6,8-9,11,14-16,18-19H2,1-2H3,(H,30,34)(H,31,35). The Morgan fingerprint density at radius 1 is 1.10 bits per heavy atom. The van der Waals surface area contributed by atoms with E-state index in [-0.39, 0.29) is 56.0 Å². The SMILES string of the molecule is COC(=O)C1(OC(C)=O)CCCC(Oc2ccc(CO)cc2C(=O)NCCNC(=O)COC2C#CCCCCC2)O1. The number of carbonyl (C=O) groups excluding carboxylic acids is 4. The zero-order valence-corrected chi connectivity index (χ0v) is 23.5. The van der Waals surface area contributed by atoms with Gasteiger partial charge in [-0.15, -0.1) is 5.92 Å². The summed E-state index contributed by atoms with van der Waals surface area (Å²) in [5.41, 5.74) is 0.582. The summed E-state index contributed by atoms with van der Waals surface area (Å²) in [7, 11) is 1.15. The van der Waals surface area contributed by atoms with Crippen LogP contribution in [0.3, 0.4) is 0 Å². The molecule has 0 bridgehead atoms. The highest BCUT2D eigenvalue weighted by Crippen LogP contribution is 2.34. The molecule has 41 heavy (non-hydrogen) atoms. The molecule has 0 radical (unpaired) electrons. The molecule has 1 heterocycles. The summed E-state index contributed by atoms with van der Waals surface area (Å²) in [6, 6.07) is 4.55. The first kappa shape index (κ1) is 31.9. The summed E-state index contributed by atoms with van der Waals surface area (Å²) in [6.07, 6.45) is 4.41. The summed E-state index contributed by atoms with van der Waals surface area (Å²) >= 11 is 0. The first-order chi connectivity index (χ1) is 19.8. The molecule has 3 atom stereocenters. The molecule has 3 unspecified atom stereocenters. The van der Waals surface area contributed by atoms with E-state index in [4.69, 9.17) is 23.7 Å². The topological polar surface area (TPSA) is 159 Å². The van der Waals surface area contributed by atoms with E-state index in [1.165, 1.54) is 12.1 Å². The number of benzene rings is 1. The van der Waals surface area contributed by atoms with E-state index in [2.05, 4.69) is 22.5 Å². The fourth-order valence-corrected chi connectivity index (χ4v) is 4.47. The maximum Gasteiger partial charge on any atom is 0.379 e. The Morgan fingerprint density at radius 2 is 1.90 bits per heavy atom. The van der Waals surface area contributed by atoms with Gasteiger partial charge in [-0.1, -0.05) is 18.4 Å². The number of methoxy groups -OCH3 is 1. The van der Waals surface area contributed by atoms with Crippen LogP contribution in [0.1, 0.15) is 74.2 Å². The van der Waals surface area contributed by atoms with Gasteiger partial charge < -0.3 is 34.7 Å². The van der Waals surface area contributed by atoms with Gasteiger partial charge in [0, 0.05) is 39.3 Å². The Kier molecular flexibility index (Phi) is 12.4. The second-order valence-electron chi connectivity index (χ2n) is 9.71. The Hall–Kier alpha value is -3.66. The molecule has 224 valence electrons. The molecule has 12 nitrogen and oxygen atoms in total. The smallest absolute Gasteiger partial charge is 0.379 e. The first-order valence-corrected chi connectivity index (χ1v) is 13.8. The van der Waals surface area contributed by atoms with Crippen molar-refractivity contribution < 1.29 is 48.0 Å². The van der Waals surface area contributed by atoms with Gasteiger partial charge in [0.15, 0.2) is 0 Å². The average Bonchev–Trinajstić information content (AvgIpc) is 2.94. The van der Waals surface area contributed by atoms with Crippen molar-refractivity contribution in [2.24, 2.45) is 0 Å². The highest BCUT2D eigenvalue weighted by atomic mass is 16.8. The van der Waals surface area contributed by atoms with E-state index >= 15 is 0 Å². The van der Waals surface area contributed by atoms with Gasteiger partial charge in [-0.25, -0.2) is 4.79 Å². The molecular weight excluding hydrogens is 536 g/mol. The van der Waals surface area contributed by atoms with Crippen LogP contribution >= 0.6 is 0 Å². The Labute approximate surface area is 239 Å². The van der Waals surface area contributed by atoms with Gasteiger partial charge in [0.1, 0.15) is 18.5 Å². The third-order valence-electron chi connectivity index (χ3n) is 6.48. The lowest BCUT2D eigenvalue weighted by molar-refractivity contribution is -0.296. The average molecular weight is 575 g/mol. The lowest BCUT2D eigenvalue weighted by atomic mass is 10.0. The van der Waals surface area contributed by atoms with E-state index in [1.807, 2.05) is 0 Å². The zero-order valence-electron chi connectivity index (χ0n) is 23.5. The summed E-state index contributed by atoms with van der Waals surface area (Å²) in [6.45, 7) is 1.01. The van der Waals surface area contributed by atoms with Crippen LogP contribution in [0.5, 0.6) is 5.75 Å². The van der Waals surface area contributed by atoms with E-state index in [9.17, 15) is 24.3 Å². The van der Waals surface area contributed by atoms with Crippen LogP contribution in [0.25, 0.3) is 0 Å². The van der Waals surface area contributed by atoms with Crippen molar-refractivity contribution >= 4 is 23.8 Å². The maximum atomic E-state index is 13.0. The third-order valence-corrected chi connectivity index (χ3v) is 6.48. The molecule has 0 saturated carbocycles. The van der Waals surface area contributed by atoms with E-state index in [0.717, 1.165) is 46.1 Å². The molecule has 1 aromatic carbocycles. The molecule has 2 aliphatic rings. The molecule has 0 aromatic heterocycles. The number of carbonyl (C=O) groups is 4. The minimum Gasteiger partial charge on any atom is -0.464 e. The number of aliphatic hydroxyl groups is 1. The van der Waals surface area contributed by atoms with Crippen LogP contribution in [0.4, 0.5) is 0 Å². The molecule has 3 N–H and O–H groups in total. The Bertz CT molecular complexity index is 1140. The number of ether oxygens (including phenoxy) is 5. The number of hydrogen-bond donors (Lipinski definition) is 3. The first-order valence-electron chi connectivity index (χ1n) is 13.8. The number of amides is 2. The molecular formula is C29H38N2O10. The second kappa shape index (κ2) is 16.0. The molecule has 3 rings (SSSR count). The highest BCUT2D eigenvalue weighted by molar-refractivity contribution is 5.97. The Morgan fingerprint density at radius 3 is 2.66 bits per heavy atom. The minimum atomic E-state index is -1.96. The molecule has 1 aliphatic carbocycles. The van der Waals surface area contributed by atoms with Gasteiger partial charge in [-0.2, -0.15) is 0 Å². The molecule has 1 aromatic rings. The second-order valence-corrected chi connectivity index (χ2v) is 9.71. The predicted molar refractivity (Wildman–Crippen MR) is 144 cm³/mol. The normalized spacial score (nSPS) is 22.1. The van der Waals surface area contributed by atoms with Crippen LogP contribution < -0.4 is 15.4 Å². The molecule has 2 amide bonds. The number of esters is 2. The summed E-state index contributed by atoms with van der Waals surface area (Å²) in [5.74, 6) is 1.86. The van der Waals surface area contributed by atoms with Crippen molar-refractivity contribution in [2.75, 3.05) is 26.8 Å². The van der Waals surface area contributed by atoms with Crippen molar-refractivity contribution in [3.8, 4) is 17.6 Å². The number of nitrogens with one attached hydrogen (secondary N) is 2. The van der Waals surface area contributed by atoms with Crippen LogP contribution in [0.2, 0.25) is 0 Å². The number of hydrogen-bond acceptors (Lipinski definition) is 10. The van der Waals surface area contributed by atoms with E-state index in [0.29, 0.717) is 18.4 Å². The van der Waals surface area contributed by atoms with Gasteiger partial charge in [-0.3, -0.25) is 19.1 Å². The van der Waals surface area contributed by atoms with Crippen molar-refractivity contribution in [1.29, 1.82) is 0 Å². The largest absolute Gasteiger partial charge is 0.464 e. The van der Waals surface area contributed by atoms with Crippen LogP contribution in [0, 0.1) is 11.8 Å². The minimum absolute atomic E-state index is 0.0841. The quantitative estimate of drug-likeness (QED) is 0.191. The predicted octanol–water partition coefficient (Wildman–Crippen LogP) is 1.72. The van der Waals surface area contributed by atoms with Gasteiger partial charge in [0.25, 0.3) is 5.91 Å². The van der Waals surface area contributed by atoms with Crippen molar-refractivity contribution in [1.82, 2.24) is 10.6 Å². The van der Waals surface area contributed by atoms with Gasteiger partial charge in [0.05, 0.1) is 19.3 Å². The molecule has 1 fully saturated rings. The third kappa shape index (κ3) is 9.74. The number of aliphatic hydroxyl groups excluding tert-OH is 1. The number of rotatable bonds is 12. The van der Waals surface area contributed by atoms with Gasteiger partial charge in [-0.05, 0) is 43.4 Å². The van der Waals surface area contributed by atoms with Gasteiger partial charge >= 0.3 is 17.7 Å². The fourth-order valence-electron chi connectivity index (χ4n) is 4.47. The van der Waals surface area contributed by atoms with Crippen molar-refractivity contribution in [3.63, 3.8) is 0 Å². The lowest BCUT2D eigenvalue weighted by Crippen LogP contribution is -2.52. The monoisotopic (exact) mass is 574 g/mol. The Balaban J connectivity index is 1.56.